The molecule has 2 fully saturated rings. The van der Waals surface area contributed by atoms with Crippen molar-refractivity contribution in [3.8, 4) is 0 Å². The molecule has 2 nitrogen and oxygen atoms in total. The summed E-state index contributed by atoms with van der Waals surface area (Å²) in [5.41, 5.74) is 0.479. The molecule has 1 N–H and O–H groups in total. The van der Waals surface area contributed by atoms with E-state index in [2.05, 4.69) is 45.1 Å². The molecular weight excluding hydrogens is 208 g/mol. The third kappa shape index (κ3) is 3.03. The third-order valence-corrected chi connectivity index (χ3v) is 5.15. The van der Waals surface area contributed by atoms with Crippen molar-refractivity contribution in [2.75, 3.05) is 27.2 Å². The van der Waals surface area contributed by atoms with Crippen LogP contribution in [0.15, 0.2) is 0 Å². The summed E-state index contributed by atoms with van der Waals surface area (Å²) in [5.74, 6) is 2.81. The number of rotatable bonds is 5. The van der Waals surface area contributed by atoms with Crippen molar-refractivity contribution in [1.29, 1.82) is 0 Å². The minimum Gasteiger partial charge on any atom is -0.316 e. The van der Waals surface area contributed by atoms with Crippen molar-refractivity contribution in [2.45, 2.75) is 46.1 Å². The summed E-state index contributed by atoms with van der Waals surface area (Å²) < 4.78 is 0. The van der Waals surface area contributed by atoms with Crippen LogP contribution in [0.3, 0.4) is 0 Å². The molecule has 17 heavy (non-hydrogen) atoms. The Hall–Kier alpha value is -0.0800. The van der Waals surface area contributed by atoms with Crippen molar-refractivity contribution >= 4 is 0 Å². The molecule has 0 heterocycles. The maximum absolute atomic E-state index is 3.56. The van der Waals surface area contributed by atoms with Gasteiger partial charge in [0.25, 0.3) is 0 Å². The maximum atomic E-state index is 3.56. The Morgan fingerprint density at radius 2 is 1.82 bits per heavy atom. The largest absolute Gasteiger partial charge is 0.316 e. The van der Waals surface area contributed by atoms with Gasteiger partial charge in [0.05, 0.1) is 0 Å². The Morgan fingerprint density at radius 1 is 1.24 bits per heavy atom. The van der Waals surface area contributed by atoms with Gasteiger partial charge in [0.15, 0.2) is 0 Å². The minimum atomic E-state index is 0.479. The van der Waals surface area contributed by atoms with E-state index in [0.29, 0.717) is 11.5 Å². The fourth-order valence-electron chi connectivity index (χ4n) is 3.87. The van der Waals surface area contributed by atoms with Gasteiger partial charge in [0, 0.05) is 19.1 Å². The first kappa shape index (κ1) is 13.4. The fraction of sp³-hybridized carbons (Fsp3) is 1.00. The highest BCUT2D eigenvalue weighted by molar-refractivity contribution is 4.96. The van der Waals surface area contributed by atoms with Crippen LogP contribution in [0.4, 0.5) is 0 Å². The molecule has 0 aromatic rings. The third-order valence-electron chi connectivity index (χ3n) is 5.15. The molecule has 0 aliphatic heterocycles. The molecular formula is C15H30N2. The number of hydrogen-bond donors (Lipinski definition) is 1. The van der Waals surface area contributed by atoms with Gasteiger partial charge in [-0.15, -0.1) is 0 Å². The van der Waals surface area contributed by atoms with Crippen molar-refractivity contribution in [3.05, 3.63) is 0 Å². The van der Waals surface area contributed by atoms with Gasteiger partial charge in [-0.1, -0.05) is 20.8 Å². The van der Waals surface area contributed by atoms with Gasteiger partial charge in [-0.3, -0.25) is 0 Å². The standard InChI is InChI=1S/C15H30N2/c1-11-8-13(11)10-17(5)9-12-6-7-15(2,3)14(12)16-4/h11-14,16H,6-10H2,1-5H3. The van der Waals surface area contributed by atoms with Crippen LogP contribution >= 0.6 is 0 Å². The quantitative estimate of drug-likeness (QED) is 0.792. The first-order valence-corrected chi connectivity index (χ1v) is 7.30. The summed E-state index contributed by atoms with van der Waals surface area (Å²) in [5, 5.41) is 3.56. The molecule has 0 saturated heterocycles. The smallest absolute Gasteiger partial charge is 0.0156 e. The monoisotopic (exact) mass is 238 g/mol. The highest BCUT2D eigenvalue weighted by Gasteiger charge is 2.41. The summed E-state index contributed by atoms with van der Waals surface area (Å²) in [6.07, 6.45) is 4.22. The fourth-order valence-corrected chi connectivity index (χ4v) is 3.87. The molecule has 2 saturated carbocycles. The lowest BCUT2D eigenvalue weighted by molar-refractivity contribution is 0.206. The zero-order valence-electron chi connectivity index (χ0n) is 12.3. The van der Waals surface area contributed by atoms with Gasteiger partial charge < -0.3 is 10.2 Å². The molecule has 2 aliphatic rings. The van der Waals surface area contributed by atoms with E-state index < -0.39 is 0 Å². The van der Waals surface area contributed by atoms with E-state index in [-0.39, 0.29) is 0 Å². The second-order valence-electron chi connectivity index (χ2n) is 7.25. The molecule has 4 atom stereocenters. The lowest BCUT2D eigenvalue weighted by Crippen LogP contribution is -2.43. The molecule has 0 radical (unpaired) electrons. The van der Waals surface area contributed by atoms with Crippen molar-refractivity contribution < 1.29 is 0 Å². The van der Waals surface area contributed by atoms with Gasteiger partial charge in [0.2, 0.25) is 0 Å². The number of nitrogens with zero attached hydrogens (tertiary/aromatic N) is 1. The second kappa shape index (κ2) is 4.89. The van der Waals surface area contributed by atoms with Crippen LogP contribution in [-0.4, -0.2) is 38.1 Å². The molecule has 4 unspecified atom stereocenters. The summed E-state index contributed by atoms with van der Waals surface area (Å²) in [6, 6.07) is 0.696. The van der Waals surface area contributed by atoms with E-state index in [1.54, 1.807) is 0 Å². The van der Waals surface area contributed by atoms with Gasteiger partial charge in [0.1, 0.15) is 0 Å². The van der Waals surface area contributed by atoms with Crippen molar-refractivity contribution in [3.63, 3.8) is 0 Å². The molecule has 100 valence electrons. The van der Waals surface area contributed by atoms with E-state index in [1.807, 2.05) is 0 Å². The minimum absolute atomic E-state index is 0.479. The number of nitrogens with one attached hydrogen (secondary N) is 1. The Morgan fingerprint density at radius 3 is 2.35 bits per heavy atom. The van der Waals surface area contributed by atoms with Crippen LogP contribution in [0.2, 0.25) is 0 Å². The molecule has 0 aromatic carbocycles. The lowest BCUT2D eigenvalue weighted by atomic mass is 9.85. The van der Waals surface area contributed by atoms with E-state index >= 15 is 0 Å². The predicted molar refractivity (Wildman–Crippen MR) is 74.1 cm³/mol. The summed E-state index contributed by atoms with van der Waals surface area (Å²) >= 11 is 0. The molecule has 2 aliphatic carbocycles. The second-order valence-corrected chi connectivity index (χ2v) is 7.25. The van der Waals surface area contributed by atoms with Crippen LogP contribution in [0, 0.1) is 23.2 Å². The Kier molecular flexibility index (Phi) is 3.84. The molecule has 0 amide bonds. The van der Waals surface area contributed by atoms with Crippen LogP contribution in [0.1, 0.15) is 40.0 Å². The maximum Gasteiger partial charge on any atom is 0.0156 e. The van der Waals surface area contributed by atoms with Crippen LogP contribution in [-0.2, 0) is 0 Å². The van der Waals surface area contributed by atoms with Crippen LogP contribution < -0.4 is 5.32 Å². The van der Waals surface area contributed by atoms with Gasteiger partial charge >= 0.3 is 0 Å². The summed E-state index contributed by atoms with van der Waals surface area (Å²) in [4.78, 5) is 2.57. The predicted octanol–water partition coefficient (Wildman–Crippen LogP) is 2.60. The van der Waals surface area contributed by atoms with Crippen molar-refractivity contribution in [2.24, 2.45) is 23.2 Å². The zero-order chi connectivity index (χ0) is 12.6. The highest BCUT2D eigenvalue weighted by atomic mass is 15.1. The molecule has 2 heteroatoms. The van der Waals surface area contributed by atoms with Gasteiger partial charge in [-0.25, -0.2) is 0 Å². The normalized spacial score (nSPS) is 39.9. The molecule has 0 aromatic heterocycles. The molecule has 2 rings (SSSR count). The van der Waals surface area contributed by atoms with Gasteiger partial charge in [-0.2, -0.15) is 0 Å². The molecule has 0 spiro atoms. The topological polar surface area (TPSA) is 15.3 Å². The first-order chi connectivity index (χ1) is 7.94. The lowest BCUT2D eigenvalue weighted by Gasteiger charge is -2.32. The van der Waals surface area contributed by atoms with Crippen molar-refractivity contribution in [1.82, 2.24) is 10.2 Å². The SMILES string of the molecule is CNC1C(CN(C)CC2CC2C)CCC1(C)C. The Balaban J connectivity index is 1.82. The van der Waals surface area contributed by atoms with Crippen LogP contribution in [0.5, 0.6) is 0 Å². The first-order valence-electron chi connectivity index (χ1n) is 7.30. The highest BCUT2D eigenvalue weighted by Crippen LogP contribution is 2.42. The van der Waals surface area contributed by atoms with Gasteiger partial charge in [-0.05, 0) is 56.5 Å². The summed E-state index contributed by atoms with van der Waals surface area (Å²) in [6.45, 7) is 9.80. The van der Waals surface area contributed by atoms with E-state index in [9.17, 15) is 0 Å². The van der Waals surface area contributed by atoms with E-state index in [0.717, 1.165) is 17.8 Å². The van der Waals surface area contributed by atoms with E-state index in [1.165, 1.54) is 32.4 Å². The average Bonchev–Trinajstić information content (AvgIpc) is 2.82. The zero-order valence-corrected chi connectivity index (χ0v) is 12.3. The molecule has 0 bridgehead atoms. The van der Waals surface area contributed by atoms with E-state index in [4.69, 9.17) is 0 Å². The summed E-state index contributed by atoms with van der Waals surface area (Å²) in [7, 11) is 4.44. The Bertz CT molecular complexity index is 262. The average molecular weight is 238 g/mol. The Labute approximate surface area is 107 Å². The number of hydrogen-bond acceptors (Lipinski definition) is 2. The van der Waals surface area contributed by atoms with Crippen LogP contribution in [0.25, 0.3) is 0 Å².